The highest BCUT2D eigenvalue weighted by molar-refractivity contribution is 7.07. The minimum Gasteiger partial charge on any atom is -0.484 e. The first-order valence-electron chi connectivity index (χ1n) is 5.25. The van der Waals surface area contributed by atoms with Crippen molar-refractivity contribution >= 4 is 28.7 Å². The van der Waals surface area contributed by atoms with E-state index in [2.05, 4.69) is 0 Å². The van der Waals surface area contributed by atoms with Crippen molar-refractivity contribution in [3.8, 4) is 5.75 Å². The smallest absolute Gasteiger partial charge is 0.170 e. The zero-order chi connectivity index (χ0) is 11.8. The Bertz CT molecular complexity index is 563. The molecule has 17 heavy (non-hydrogen) atoms. The maximum absolute atomic E-state index is 12.0. The molecule has 0 bridgehead atoms. The van der Waals surface area contributed by atoms with Crippen LogP contribution in [-0.2, 0) is 0 Å². The Labute approximate surface area is 108 Å². The Morgan fingerprint density at radius 2 is 2.24 bits per heavy atom. The first-order chi connectivity index (χ1) is 8.24. The molecule has 1 atom stereocenters. The van der Waals surface area contributed by atoms with Crippen molar-refractivity contribution in [2.24, 2.45) is 0 Å². The van der Waals surface area contributed by atoms with E-state index < -0.39 is 0 Å². The quantitative estimate of drug-likeness (QED) is 0.775. The highest BCUT2D eigenvalue weighted by atomic mass is 35.5. The van der Waals surface area contributed by atoms with Gasteiger partial charge in [-0.25, -0.2) is 0 Å². The molecule has 0 radical (unpaired) electrons. The van der Waals surface area contributed by atoms with Crippen LogP contribution in [-0.4, -0.2) is 5.78 Å². The Kier molecular flexibility index (Phi) is 2.65. The number of ketones is 1. The summed E-state index contributed by atoms with van der Waals surface area (Å²) in [6, 6.07) is 7.16. The molecule has 0 fully saturated rings. The van der Waals surface area contributed by atoms with E-state index >= 15 is 0 Å². The van der Waals surface area contributed by atoms with Gasteiger partial charge in [-0.1, -0.05) is 11.6 Å². The zero-order valence-corrected chi connectivity index (χ0v) is 10.4. The lowest BCUT2D eigenvalue weighted by Crippen LogP contribution is -2.19. The van der Waals surface area contributed by atoms with Crippen molar-refractivity contribution in [1.29, 1.82) is 0 Å². The summed E-state index contributed by atoms with van der Waals surface area (Å²) in [5, 5.41) is 4.56. The fourth-order valence-corrected chi connectivity index (χ4v) is 2.81. The van der Waals surface area contributed by atoms with Crippen LogP contribution >= 0.6 is 22.9 Å². The number of hydrogen-bond acceptors (Lipinski definition) is 3. The number of rotatable bonds is 1. The van der Waals surface area contributed by atoms with E-state index in [1.165, 1.54) is 0 Å². The Morgan fingerprint density at radius 3 is 3.00 bits per heavy atom. The van der Waals surface area contributed by atoms with E-state index in [9.17, 15) is 4.79 Å². The van der Waals surface area contributed by atoms with E-state index in [0.29, 0.717) is 22.8 Å². The molecule has 1 aromatic carbocycles. The van der Waals surface area contributed by atoms with E-state index in [-0.39, 0.29) is 11.9 Å². The van der Waals surface area contributed by atoms with Gasteiger partial charge in [-0.05, 0) is 35.0 Å². The molecule has 3 rings (SSSR count). The number of thiophene rings is 1. The zero-order valence-electron chi connectivity index (χ0n) is 8.85. The van der Waals surface area contributed by atoms with Gasteiger partial charge in [0.15, 0.2) is 5.78 Å². The van der Waals surface area contributed by atoms with Gasteiger partial charge in [-0.3, -0.25) is 4.79 Å². The van der Waals surface area contributed by atoms with E-state index in [4.69, 9.17) is 16.3 Å². The van der Waals surface area contributed by atoms with Crippen molar-refractivity contribution in [1.82, 2.24) is 0 Å². The first-order valence-corrected chi connectivity index (χ1v) is 6.57. The van der Waals surface area contributed by atoms with Gasteiger partial charge in [-0.15, -0.1) is 0 Å². The number of fused-ring (bicyclic) bond motifs is 1. The molecule has 0 N–H and O–H groups in total. The summed E-state index contributed by atoms with van der Waals surface area (Å²) in [7, 11) is 0. The van der Waals surface area contributed by atoms with Gasteiger partial charge in [0.25, 0.3) is 0 Å². The summed E-state index contributed by atoms with van der Waals surface area (Å²) in [5.74, 6) is 0.715. The molecule has 1 unspecified atom stereocenters. The molecule has 0 saturated carbocycles. The predicted octanol–water partition coefficient (Wildman–Crippen LogP) is 4.11. The third kappa shape index (κ3) is 1.96. The first kappa shape index (κ1) is 10.8. The van der Waals surface area contributed by atoms with Gasteiger partial charge in [0.05, 0.1) is 12.0 Å². The number of hydrogen-bond donors (Lipinski definition) is 0. The van der Waals surface area contributed by atoms with Gasteiger partial charge in [-0.2, -0.15) is 11.3 Å². The predicted molar refractivity (Wildman–Crippen MR) is 68.1 cm³/mol. The van der Waals surface area contributed by atoms with Crippen LogP contribution < -0.4 is 4.74 Å². The van der Waals surface area contributed by atoms with Crippen molar-refractivity contribution in [3.63, 3.8) is 0 Å². The van der Waals surface area contributed by atoms with E-state index in [1.807, 2.05) is 16.8 Å². The number of carbonyl (C=O) groups excluding carboxylic acids is 1. The number of Topliss-reactive ketones (excluding diaryl/α,β-unsaturated/α-hetero) is 1. The largest absolute Gasteiger partial charge is 0.484 e. The summed E-state index contributed by atoms with van der Waals surface area (Å²) in [4.78, 5) is 12.0. The van der Waals surface area contributed by atoms with Crippen LogP contribution in [0.5, 0.6) is 5.75 Å². The van der Waals surface area contributed by atoms with Crippen LogP contribution in [0.4, 0.5) is 0 Å². The summed E-state index contributed by atoms with van der Waals surface area (Å²) < 4.78 is 5.83. The highest BCUT2D eigenvalue weighted by Gasteiger charge is 2.27. The van der Waals surface area contributed by atoms with Gasteiger partial charge in [0.1, 0.15) is 11.9 Å². The van der Waals surface area contributed by atoms with Crippen LogP contribution in [0.3, 0.4) is 0 Å². The molecular weight excluding hydrogens is 256 g/mol. The number of carbonyl (C=O) groups is 1. The average molecular weight is 265 g/mol. The van der Waals surface area contributed by atoms with Crippen LogP contribution in [0.2, 0.25) is 5.02 Å². The van der Waals surface area contributed by atoms with Crippen LogP contribution in [0, 0.1) is 0 Å². The van der Waals surface area contributed by atoms with Crippen LogP contribution in [0.15, 0.2) is 35.0 Å². The molecule has 1 aromatic heterocycles. The van der Waals surface area contributed by atoms with E-state index in [1.54, 1.807) is 29.5 Å². The van der Waals surface area contributed by atoms with Gasteiger partial charge < -0.3 is 4.74 Å². The van der Waals surface area contributed by atoms with Crippen molar-refractivity contribution < 1.29 is 9.53 Å². The molecule has 4 heteroatoms. The lowest BCUT2D eigenvalue weighted by Gasteiger charge is -2.24. The van der Waals surface area contributed by atoms with Gasteiger partial charge >= 0.3 is 0 Å². The summed E-state index contributed by atoms with van der Waals surface area (Å²) >= 11 is 7.48. The average Bonchev–Trinajstić information content (AvgIpc) is 2.83. The van der Waals surface area contributed by atoms with Gasteiger partial charge in [0, 0.05) is 10.6 Å². The highest BCUT2D eigenvalue weighted by Crippen LogP contribution is 2.36. The molecule has 86 valence electrons. The monoisotopic (exact) mass is 264 g/mol. The molecule has 0 aliphatic carbocycles. The fourth-order valence-electron chi connectivity index (χ4n) is 1.94. The Hall–Kier alpha value is -1.32. The van der Waals surface area contributed by atoms with Crippen LogP contribution in [0.1, 0.15) is 28.4 Å². The number of ether oxygens (including phenoxy) is 1. The second kappa shape index (κ2) is 4.17. The molecule has 0 saturated heterocycles. The molecule has 2 aromatic rings. The lowest BCUT2D eigenvalue weighted by molar-refractivity contribution is 0.0850. The normalized spacial score (nSPS) is 18.6. The summed E-state index contributed by atoms with van der Waals surface area (Å²) in [6.45, 7) is 0. The number of halogens is 1. The van der Waals surface area contributed by atoms with Crippen molar-refractivity contribution in [2.75, 3.05) is 0 Å². The molecule has 2 nitrogen and oxygen atoms in total. The maximum Gasteiger partial charge on any atom is 0.170 e. The molecular formula is C13H9ClO2S. The van der Waals surface area contributed by atoms with Crippen molar-refractivity contribution in [2.45, 2.75) is 12.5 Å². The standard InChI is InChI=1S/C13H9ClO2S/c14-9-1-2-12-10(5-9)11(15)6-13(16-12)8-3-4-17-7-8/h1-5,7,13H,6H2. The summed E-state index contributed by atoms with van der Waals surface area (Å²) in [5.41, 5.74) is 1.65. The molecule has 1 aliphatic rings. The van der Waals surface area contributed by atoms with Crippen LogP contribution in [0.25, 0.3) is 0 Å². The second-order valence-corrected chi connectivity index (χ2v) is 5.15. The number of benzene rings is 1. The molecule has 1 aliphatic heterocycles. The fraction of sp³-hybridized carbons (Fsp3) is 0.154. The lowest BCUT2D eigenvalue weighted by atomic mass is 9.98. The summed E-state index contributed by atoms with van der Waals surface area (Å²) in [6.07, 6.45) is 0.215. The second-order valence-electron chi connectivity index (χ2n) is 3.93. The topological polar surface area (TPSA) is 26.3 Å². The minimum absolute atomic E-state index is 0.0879. The Balaban J connectivity index is 1.99. The third-order valence-corrected chi connectivity index (χ3v) is 3.73. The molecule has 0 amide bonds. The SMILES string of the molecule is O=C1CC(c2ccsc2)Oc2ccc(Cl)cc21. The van der Waals surface area contributed by atoms with Gasteiger partial charge in [0.2, 0.25) is 0 Å². The minimum atomic E-state index is -0.164. The van der Waals surface area contributed by atoms with E-state index in [0.717, 1.165) is 5.56 Å². The van der Waals surface area contributed by atoms with Crippen molar-refractivity contribution in [3.05, 3.63) is 51.2 Å². The maximum atomic E-state index is 12.0. The third-order valence-electron chi connectivity index (χ3n) is 2.80. The molecule has 0 spiro atoms. The molecule has 2 heterocycles. The Morgan fingerprint density at radius 1 is 1.35 bits per heavy atom.